The summed E-state index contributed by atoms with van der Waals surface area (Å²) in [5, 5.41) is 12.4. The molecule has 1 aliphatic rings. The zero-order chi connectivity index (χ0) is 17.2. The van der Waals surface area contributed by atoms with Gasteiger partial charge >= 0.3 is 0 Å². The van der Waals surface area contributed by atoms with Gasteiger partial charge in [0.1, 0.15) is 12.3 Å². The van der Waals surface area contributed by atoms with Crippen LogP contribution >= 0.6 is 0 Å². The molecule has 0 bridgehead atoms. The minimum atomic E-state index is -0.0675. The van der Waals surface area contributed by atoms with Crippen molar-refractivity contribution in [2.45, 2.75) is 25.9 Å². The van der Waals surface area contributed by atoms with E-state index in [0.29, 0.717) is 19.6 Å². The van der Waals surface area contributed by atoms with E-state index < -0.39 is 0 Å². The van der Waals surface area contributed by atoms with Crippen molar-refractivity contribution in [3.8, 4) is 0 Å². The van der Waals surface area contributed by atoms with E-state index in [9.17, 15) is 4.79 Å². The molecule has 3 aromatic rings. The summed E-state index contributed by atoms with van der Waals surface area (Å²) < 4.78 is 12.5. The Morgan fingerprint density at radius 2 is 2.24 bits per heavy atom. The molecule has 4 rings (SSSR count). The van der Waals surface area contributed by atoms with Crippen LogP contribution in [0.4, 0.5) is 0 Å². The third kappa shape index (κ3) is 3.56. The van der Waals surface area contributed by atoms with Gasteiger partial charge in [-0.25, -0.2) is 0 Å². The summed E-state index contributed by atoms with van der Waals surface area (Å²) in [7, 11) is 0. The van der Waals surface area contributed by atoms with E-state index in [1.165, 1.54) is 0 Å². The Morgan fingerprint density at radius 1 is 1.36 bits per heavy atom. The molecular formula is C18H20N4O3. The van der Waals surface area contributed by atoms with Gasteiger partial charge in [-0.1, -0.05) is 23.4 Å². The smallest absolute Gasteiger partial charge is 0.242 e. The van der Waals surface area contributed by atoms with Crippen LogP contribution in [0.1, 0.15) is 11.5 Å². The third-order valence-electron chi connectivity index (χ3n) is 4.45. The largest absolute Gasteiger partial charge is 0.379 e. The number of aryl methyl sites for hydroxylation is 1. The fraction of sp³-hybridized carbons (Fsp3) is 0.389. The SMILES string of the molecule is Cc1cc(C[C@@H]2COC[C@@H]2NC(=O)Cn2cc3ccccc3n2)on1. The predicted octanol–water partition coefficient (Wildman–Crippen LogP) is 1.71. The van der Waals surface area contributed by atoms with Crippen LogP contribution in [0.15, 0.2) is 41.1 Å². The summed E-state index contributed by atoms with van der Waals surface area (Å²) in [6.07, 6.45) is 2.59. The van der Waals surface area contributed by atoms with Crippen LogP contribution in [-0.2, 0) is 22.5 Å². The summed E-state index contributed by atoms with van der Waals surface area (Å²) in [6, 6.07) is 9.71. The van der Waals surface area contributed by atoms with Crippen molar-refractivity contribution in [2.24, 2.45) is 5.92 Å². The number of ether oxygens (including phenoxy) is 1. The number of fused-ring (bicyclic) bond motifs is 1. The number of carbonyl (C=O) groups is 1. The summed E-state index contributed by atoms with van der Waals surface area (Å²) in [6.45, 7) is 3.21. The molecule has 2 aromatic heterocycles. The van der Waals surface area contributed by atoms with E-state index in [1.54, 1.807) is 4.68 Å². The maximum atomic E-state index is 12.4. The zero-order valence-corrected chi connectivity index (χ0v) is 14.0. The molecule has 0 saturated carbocycles. The molecule has 1 aromatic carbocycles. The van der Waals surface area contributed by atoms with E-state index in [-0.39, 0.29) is 24.4 Å². The summed E-state index contributed by atoms with van der Waals surface area (Å²) in [5.74, 6) is 0.945. The Kier molecular flexibility index (Phi) is 4.23. The number of rotatable bonds is 5. The second-order valence-corrected chi connectivity index (χ2v) is 6.50. The molecule has 7 heteroatoms. The van der Waals surface area contributed by atoms with Gasteiger partial charge in [0.2, 0.25) is 5.91 Å². The fourth-order valence-electron chi connectivity index (χ4n) is 3.23. The lowest BCUT2D eigenvalue weighted by atomic mass is 9.98. The highest BCUT2D eigenvalue weighted by molar-refractivity contribution is 5.80. The molecule has 1 saturated heterocycles. The molecule has 1 aliphatic heterocycles. The second kappa shape index (κ2) is 6.68. The first-order valence-corrected chi connectivity index (χ1v) is 8.39. The summed E-state index contributed by atoms with van der Waals surface area (Å²) in [4.78, 5) is 12.4. The van der Waals surface area contributed by atoms with Crippen LogP contribution in [0, 0.1) is 12.8 Å². The maximum Gasteiger partial charge on any atom is 0.242 e. The predicted molar refractivity (Wildman–Crippen MR) is 90.9 cm³/mol. The first-order chi connectivity index (χ1) is 12.2. The molecule has 1 fully saturated rings. The lowest BCUT2D eigenvalue weighted by Gasteiger charge is -2.18. The van der Waals surface area contributed by atoms with Crippen molar-refractivity contribution < 1.29 is 14.1 Å². The highest BCUT2D eigenvalue weighted by Gasteiger charge is 2.30. The lowest BCUT2D eigenvalue weighted by molar-refractivity contribution is -0.122. The number of benzene rings is 1. The first kappa shape index (κ1) is 15.8. The Hall–Kier alpha value is -2.67. The highest BCUT2D eigenvalue weighted by atomic mass is 16.5. The van der Waals surface area contributed by atoms with Gasteiger partial charge in [-0.2, -0.15) is 5.10 Å². The Balaban J connectivity index is 1.37. The lowest BCUT2D eigenvalue weighted by Crippen LogP contribution is -2.42. The molecule has 7 nitrogen and oxygen atoms in total. The molecule has 2 atom stereocenters. The normalized spacial score (nSPS) is 20.2. The molecule has 130 valence electrons. The van der Waals surface area contributed by atoms with E-state index in [4.69, 9.17) is 9.26 Å². The van der Waals surface area contributed by atoms with Gasteiger partial charge in [-0.3, -0.25) is 9.48 Å². The third-order valence-corrected chi connectivity index (χ3v) is 4.45. The first-order valence-electron chi connectivity index (χ1n) is 8.39. The van der Waals surface area contributed by atoms with Gasteiger partial charge in [0.05, 0.1) is 30.5 Å². The van der Waals surface area contributed by atoms with Gasteiger partial charge < -0.3 is 14.6 Å². The van der Waals surface area contributed by atoms with Gasteiger partial charge in [0, 0.05) is 30.0 Å². The van der Waals surface area contributed by atoms with E-state index in [0.717, 1.165) is 22.4 Å². The molecule has 1 amide bonds. The molecule has 0 spiro atoms. The number of amides is 1. The quantitative estimate of drug-likeness (QED) is 0.764. The average Bonchev–Trinajstić information content (AvgIpc) is 3.28. The van der Waals surface area contributed by atoms with Gasteiger partial charge in [-0.15, -0.1) is 0 Å². The van der Waals surface area contributed by atoms with Crippen LogP contribution in [-0.4, -0.2) is 40.1 Å². The zero-order valence-electron chi connectivity index (χ0n) is 14.0. The second-order valence-electron chi connectivity index (χ2n) is 6.50. The summed E-state index contributed by atoms with van der Waals surface area (Å²) in [5.41, 5.74) is 1.75. The van der Waals surface area contributed by atoms with Crippen molar-refractivity contribution in [3.05, 3.63) is 48.0 Å². The standard InChI is InChI=1S/C18H20N4O3/c1-12-6-15(25-21-12)7-14-10-24-11-17(14)19-18(23)9-22-8-13-4-2-3-5-16(13)20-22/h2-6,8,14,17H,7,9-11H2,1H3,(H,19,23)/t14-,17+/m1/s1. The Bertz CT molecular complexity index is 852. The monoisotopic (exact) mass is 340 g/mol. The number of nitrogens with zero attached hydrogens (tertiary/aromatic N) is 3. The van der Waals surface area contributed by atoms with Crippen LogP contribution in [0.3, 0.4) is 0 Å². The number of aromatic nitrogens is 3. The van der Waals surface area contributed by atoms with E-state index in [1.807, 2.05) is 43.5 Å². The molecule has 0 unspecified atom stereocenters. The van der Waals surface area contributed by atoms with Crippen LogP contribution < -0.4 is 5.32 Å². The topological polar surface area (TPSA) is 82.2 Å². The summed E-state index contributed by atoms with van der Waals surface area (Å²) >= 11 is 0. The number of carbonyl (C=O) groups excluding carboxylic acids is 1. The average molecular weight is 340 g/mol. The van der Waals surface area contributed by atoms with Crippen LogP contribution in [0.25, 0.3) is 10.9 Å². The van der Waals surface area contributed by atoms with Crippen molar-refractivity contribution in [3.63, 3.8) is 0 Å². The molecule has 3 heterocycles. The number of hydrogen-bond donors (Lipinski definition) is 1. The minimum absolute atomic E-state index is 0.0251. The van der Waals surface area contributed by atoms with E-state index in [2.05, 4.69) is 15.6 Å². The van der Waals surface area contributed by atoms with E-state index >= 15 is 0 Å². The molecule has 1 N–H and O–H groups in total. The number of nitrogens with one attached hydrogen (secondary N) is 1. The minimum Gasteiger partial charge on any atom is -0.379 e. The van der Waals surface area contributed by atoms with Gasteiger partial charge in [-0.05, 0) is 13.0 Å². The van der Waals surface area contributed by atoms with Crippen molar-refractivity contribution in [1.82, 2.24) is 20.3 Å². The molecule has 0 aliphatic carbocycles. The Labute approximate surface area is 144 Å². The molecule has 25 heavy (non-hydrogen) atoms. The maximum absolute atomic E-state index is 12.4. The molecular weight excluding hydrogens is 320 g/mol. The molecule has 0 radical (unpaired) electrons. The number of hydrogen-bond acceptors (Lipinski definition) is 5. The van der Waals surface area contributed by atoms with Crippen molar-refractivity contribution >= 4 is 16.8 Å². The highest BCUT2D eigenvalue weighted by Crippen LogP contribution is 2.20. The van der Waals surface area contributed by atoms with Crippen LogP contribution in [0.2, 0.25) is 0 Å². The van der Waals surface area contributed by atoms with Gasteiger partial charge in [0.15, 0.2) is 0 Å². The Morgan fingerprint density at radius 3 is 3.04 bits per heavy atom. The van der Waals surface area contributed by atoms with Gasteiger partial charge in [0.25, 0.3) is 0 Å². The van der Waals surface area contributed by atoms with Crippen molar-refractivity contribution in [2.75, 3.05) is 13.2 Å². The fourth-order valence-corrected chi connectivity index (χ4v) is 3.23. The van der Waals surface area contributed by atoms with Crippen molar-refractivity contribution in [1.29, 1.82) is 0 Å². The van der Waals surface area contributed by atoms with Crippen LogP contribution in [0.5, 0.6) is 0 Å².